The van der Waals surface area contributed by atoms with E-state index < -0.39 is 12.1 Å². The summed E-state index contributed by atoms with van der Waals surface area (Å²) in [5.74, 6) is 0.707. The number of halogens is 1. The molecule has 2 aromatic rings. The summed E-state index contributed by atoms with van der Waals surface area (Å²) in [7, 11) is 3.07. The molecule has 0 aromatic heterocycles. The van der Waals surface area contributed by atoms with Crippen molar-refractivity contribution in [3.8, 4) is 11.5 Å². The molecule has 1 aliphatic rings. The average Bonchev–Trinajstić information content (AvgIpc) is 2.69. The molecule has 0 spiro atoms. The number of nitrogens with one attached hydrogen (secondary N) is 3. The van der Waals surface area contributed by atoms with Gasteiger partial charge in [0.15, 0.2) is 11.5 Å². The largest absolute Gasteiger partial charge is 0.493 e. The van der Waals surface area contributed by atoms with Gasteiger partial charge in [-0.1, -0.05) is 23.7 Å². The van der Waals surface area contributed by atoms with Crippen molar-refractivity contribution in [1.29, 1.82) is 0 Å². The Bertz CT molecular complexity index is 1000. The summed E-state index contributed by atoms with van der Waals surface area (Å²) in [5, 5.41) is 8.87. The second kappa shape index (κ2) is 8.45. The molecule has 3 rings (SSSR count). The molecule has 3 N–H and O–H groups in total. The first-order chi connectivity index (χ1) is 13.8. The van der Waals surface area contributed by atoms with Crippen LogP contribution in [0.4, 0.5) is 10.5 Å². The van der Waals surface area contributed by atoms with Crippen LogP contribution in [0.5, 0.6) is 11.5 Å². The van der Waals surface area contributed by atoms with E-state index in [2.05, 4.69) is 16.0 Å². The van der Waals surface area contributed by atoms with E-state index in [9.17, 15) is 9.59 Å². The van der Waals surface area contributed by atoms with Crippen LogP contribution in [0, 0.1) is 6.92 Å². The maximum atomic E-state index is 13.2. The van der Waals surface area contributed by atoms with E-state index in [4.69, 9.17) is 21.1 Å². The second-order valence-electron chi connectivity index (χ2n) is 6.60. The molecule has 8 heteroatoms. The number of hydrogen-bond acceptors (Lipinski definition) is 4. The van der Waals surface area contributed by atoms with E-state index in [0.29, 0.717) is 39.0 Å². The standard InChI is InChI=1S/C21H22ClN3O4/c1-11-5-7-14(22)10-15(11)24-20(26)18-12(2)23-21(27)25-19(18)13-6-8-16(28-3)17(9-13)29-4/h5-10,19H,1-4H3,(H,24,26)(H2,23,25,27). The van der Waals surface area contributed by atoms with Gasteiger partial charge in [0.2, 0.25) is 0 Å². The molecule has 0 fully saturated rings. The summed E-state index contributed by atoms with van der Waals surface area (Å²) in [6.07, 6.45) is 0. The normalized spacial score (nSPS) is 16.0. The molecule has 7 nitrogen and oxygen atoms in total. The average molecular weight is 416 g/mol. The van der Waals surface area contributed by atoms with E-state index in [1.54, 1.807) is 44.4 Å². The first kappa shape index (κ1) is 20.5. The minimum absolute atomic E-state index is 0.347. The van der Waals surface area contributed by atoms with Gasteiger partial charge in [-0.2, -0.15) is 0 Å². The van der Waals surface area contributed by atoms with Gasteiger partial charge in [-0.15, -0.1) is 0 Å². The van der Waals surface area contributed by atoms with Crippen LogP contribution in [0.25, 0.3) is 0 Å². The van der Waals surface area contributed by atoms with Crippen molar-refractivity contribution in [2.75, 3.05) is 19.5 Å². The molecule has 0 bridgehead atoms. The number of rotatable bonds is 5. The Morgan fingerprint density at radius 3 is 2.48 bits per heavy atom. The van der Waals surface area contributed by atoms with Gasteiger partial charge in [0, 0.05) is 16.4 Å². The van der Waals surface area contributed by atoms with Crippen molar-refractivity contribution in [1.82, 2.24) is 10.6 Å². The summed E-state index contributed by atoms with van der Waals surface area (Å²) in [6.45, 7) is 3.56. The smallest absolute Gasteiger partial charge is 0.319 e. The van der Waals surface area contributed by atoms with Crippen LogP contribution in [0.1, 0.15) is 24.1 Å². The lowest BCUT2D eigenvalue weighted by Gasteiger charge is -2.29. The lowest BCUT2D eigenvalue weighted by Crippen LogP contribution is -2.46. The predicted molar refractivity (Wildman–Crippen MR) is 111 cm³/mol. The Hall–Kier alpha value is -3.19. The molecule has 1 unspecified atom stereocenters. The molecular formula is C21H22ClN3O4. The van der Waals surface area contributed by atoms with E-state index in [1.807, 2.05) is 13.0 Å². The summed E-state index contributed by atoms with van der Waals surface area (Å²) in [4.78, 5) is 25.2. The number of anilines is 1. The van der Waals surface area contributed by atoms with Gasteiger partial charge >= 0.3 is 6.03 Å². The first-order valence-corrected chi connectivity index (χ1v) is 9.29. The lowest BCUT2D eigenvalue weighted by atomic mass is 9.94. The Labute approximate surface area is 174 Å². The van der Waals surface area contributed by atoms with Crippen molar-refractivity contribution in [3.05, 3.63) is 63.8 Å². The van der Waals surface area contributed by atoms with Gasteiger partial charge < -0.3 is 25.4 Å². The zero-order valence-electron chi connectivity index (χ0n) is 16.6. The number of hydrogen-bond donors (Lipinski definition) is 3. The third-order valence-corrected chi connectivity index (χ3v) is 4.94. The molecular weight excluding hydrogens is 394 g/mol. The SMILES string of the molecule is COc1ccc(C2NC(=O)NC(C)=C2C(=O)Nc2cc(Cl)ccc2C)cc1OC. The Morgan fingerprint density at radius 1 is 1.07 bits per heavy atom. The molecule has 0 saturated carbocycles. The number of ether oxygens (including phenoxy) is 2. The van der Waals surface area contributed by atoms with Gasteiger partial charge in [-0.3, -0.25) is 4.79 Å². The fraction of sp³-hybridized carbons (Fsp3) is 0.238. The highest BCUT2D eigenvalue weighted by Gasteiger charge is 2.32. The highest BCUT2D eigenvalue weighted by atomic mass is 35.5. The van der Waals surface area contributed by atoms with Gasteiger partial charge in [0.25, 0.3) is 5.91 Å². The van der Waals surface area contributed by atoms with Crippen LogP contribution in [0.15, 0.2) is 47.7 Å². The van der Waals surface area contributed by atoms with Crippen LogP contribution in [-0.4, -0.2) is 26.2 Å². The van der Waals surface area contributed by atoms with Crippen LogP contribution in [0.3, 0.4) is 0 Å². The summed E-state index contributed by atoms with van der Waals surface area (Å²) in [6, 6.07) is 9.46. The number of urea groups is 1. The molecule has 0 aliphatic carbocycles. The zero-order valence-corrected chi connectivity index (χ0v) is 17.3. The minimum Gasteiger partial charge on any atom is -0.493 e. The number of aryl methyl sites for hydroxylation is 1. The van der Waals surface area contributed by atoms with Crippen LogP contribution < -0.4 is 25.4 Å². The molecule has 1 heterocycles. The predicted octanol–water partition coefficient (Wildman–Crippen LogP) is 3.93. The summed E-state index contributed by atoms with van der Waals surface area (Å²) >= 11 is 6.06. The van der Waals surface area contributed by atoms with Crippen molar-refractivity contribution < 1.29 is 19.1 Å². The summed E-state index contributed by atoms with van der Waals surface area (Å²) in [5.41, 5.74) is 3.01. The number of methoxy groups -OCH3 is 2. The molecule has 1 atom stereocenters. The fourth-order valence-corrected chi connectivity index (χ4v) is 3.37. The number of benzene rings is 2. The second-order valence-corrected chi connectivity index (χ2v) is 7.03. The Morgan fingerprint density at radius 2 is 1.79 bits per heavy atom. The highest BCUT2D eigenvalue weighted by Crippen LogP contribution is 2.34. The Balaban J connectivity index is 2.00. The third-order valence-electron chi connectivity index (χ3n) is 4.70. The Kier molecular flexibility index (Phi) is 5.98. The van der Waals surface area contributed by atoms with Crippen molar-refractivity contribution in [2.24, 2.45) is 0 Å². The molecule has 0 saturated heterocycles. The van der Waals surface area contributed by atoms with Gasteiger partial charge in [0.05, 0.1) is 25.8 Å². The minimum atomic E-state index is -0.664. The molecule has 29 heavy (non-hydrogen) atoms. The monoisotopic (exact) mass is 415 g/mol. The van der Waals surface area contributed by atoms with Crippen LogP contribution in [0.2, 0.25) is 5.02 Å². The van der Waals surface area contributed by atoms with E-state index >= 15 is 0 Å². The van der Waals surface area contributed by atoms with Crippen LogP contribution in [-0.2, 0) is 4.79 Å². The zero-order chi connectivity index (χ0) is 21.1. The molecule has 0 radical (unpaired) electrons. The van der Waals surface area contributed by atoms with Crippen molar-refractivity contribution in [2.45, 2.75) is 19.9 Å². The molecule has 2 aromatic carbocycles. The number of carbonyl (C=O) groups is 2. The molecule has 152 valence electrons. The number of allylic oxidation sites excluding steroid dienone is 1. The number of carbonyl (C=O) groups excluding carboxylic acids is 2. The first-order valence-electron chi connectivity index (χ1n) is 8.91. The third kappa shape index (κ3) is 4.30. The van der Waals surface area contributed by atoms with Gasteiger partial charge in [-0.25, -0.2) is 4.79 Å². The fourth-order valence-electron chi connectivity index (χ4n) is 3.20. The maximum Gasteiger partial charge on any atom is 0.319 e. The maximum absolute atomic E-state index is 13.2. The van der Waals surface area contributed by atoms with E-state index in [-0.39, 0.29) is 5.91 Å². The van der Waals surface area contributed by atoms with Crippen molar-refractivity contribution in [3.63, 3.8) is 0 Å². The highest BCUT2D eigenvalue weighted by molar-refractivity contribution is 6.31. The van der Waals surface area contributed by atoms with Gasteiger partial charge in [0.1, 0.15) is 0 Å². The topological polar surface area (TPSA) is 88.7 Å². The quantitative estimate of drug-likeness (QED) is 0.690. The summed E-state index contributed by atoms with van der Waals surface area (Å²) < 4.78 is 10.6. The lowest BCUT2D eigenvalue weighted by molar-refractivity contribution is -0.113. The van der Waals surface area contributed by atoms with E-state index in [1.165, 1.54) is 7.11 Å². The van der Waals surface area contributed by atoms with Crippen molar-refractivity contribution >= 4 is 29.2 Å². The number of amides is 3. The molecule has 3 amide bonds. The van der Waals surface area contributed by atoms with Gasteiger partial charge in [-0.05, 0) is 49.2 Å². The van der Waals surface area contributed by atoms with Crippen LogP contribution >= 0.6 is 11.6 Å². The van der Waals surface area contributed by atoms with E-state index in [0.717, 1.165) is 5.56 Å². The molecule has 1 aliphatic heterocycles.